The molecule has 1 saturated heterocycles. The zero-order chi connectivity index (χ0) is 22.6. The van der Waals surface area contributed by atoms with Gasteiger partial charge in [0.05, 0.1) is 16.9 Å². The SMILES string of the molecule is O=C(Nc1cc[c]cc1)N1CCCC(CNc2ncc(Cl)c(-c3c[nH]c4ccccc34)n2)C1. The fourth-order valence-electron chi connectivity index (χ4n) is 4.23. The number of carbonyl (C=O) groups is 1. The molecule has 1 unspecified atom stereocenters. The number of piperidine rings is 1. The number of H-pyrrole nitrogens is 1. The van der Waals surface area contributed by atoms with Crippen LogP contribution in [0.5, 0.6) is 0 Å². The highest BCUT2D eigenvalue weighted by Crippen LogP contribution is 2.32. The topological polar surface area (TPSA) is 85.9 Å². The monoisotopic (exact) mass is 459 g/mol. The number of urea groups is 1. The molecule has 1 atom stereocenters. The Kier molecular flexibility index (Phi) is 6.13. The zero-order valence-electron chi connectivity index (χ0n) is 18.0. The van der Waals surface area contributed by atoms with E-state index in [4.69, 9.17) is 11.6 Å². The summed E-state index contributed by atoms with van der Waals surface area (Å²) in [6.07, 6.45) is 5.56. The number of fused-ring (bicyclic) bond motifs is 1. The number of aromatic amines is 1. The maximum atomic E-state index is 12.6. The minimum Gasteiger partial charge on any atom is -0.360 e. The molecule has 2 aromatic carbocycles. The van der Waals surface area contributed by atoms with E-state index < -0.39 is 0 Å². The number of anilines is 2. The molecule has 5 rings (SSSR count). The van der Waals surface area contributed by atoms with Crippen LogP contribution in [0.1, 0.15) is 12.8 Å². The lowest BCUT2D eigenvalue weighted by molar-refractivity contribution is 0.180. The number of likely N-dealkylation sites (tertiary alicyclic amines) is 1. The van der Waals surface area contributed by atoms with E-state index >= 15 is 0 Å². The van der Waals surface area contributed by atoms with Crippen molar-refractivity contribution in [3.63, 3.8) is 0 Å². The van der Waals surface area contributed by atoms with Gasteiger partial charge in [0.1, 0.15) is 0 Å². The first-order chi connectivity index (χ1) is 16.2. The number of hydrogen-bond donors (Lipinski definition) is 3. The molecule has 4 aromatic rings. The van der Waals surface area contributed by atoms with Gasteiger partial charge in [-0.15, -0.1) is 0 Å². The van der Waals surface area contributed by atoms with Gasteiger partial charge in [-0.3, -0.25) is 0 Å². The van der Waals surface area contributed by atoms with Gasteiger partial charge in [-0.05, 0) is 43.0 Å². The number of halogens is 1. The Labute approximate surface area is 197 Å². The van der Waals surface area contributed by atoms with Crippen molar-refractivity contribution in [3.8, 4) is 11.3 Å². The average Bonchev–Trinajstić information content (AvgIpc) is 3.28. The van der Waals surface area contributed by atoms with Crippen molar-refractivity contribution in [2.45, 2.75) is 12.8 Å². The summed E-state index contributed by atoms with van der Waals surface area (Å²) < 4.78 is 0. The quantitative estimate of drug-likeness (QED) is 0.371. The fourth-order valence-corrected chi connectivity index (χ4v) is 4.43. The van der Waals surface area contributed by atoms with E-state index in [-0.39, 0.29) is 6.03 Å². The van der Waals surface area contributed by atoms with Gasteiger partial charge in [0.2, 0.25) is 5.95 Å². The van der Waals surface area contributed by atoms with E-state index in [1.807, 2.05) is 47.5 Å². The summed E-state index contributed by atoms with van der Waals surface area (Å²) in [5.41, 5.74) is 3.45. The van der Waals surface area contributed by atoms with Crippen LogP contribution < -0.4 is 10.6 Å². The molecule has 2 amide bonds. The largest absolute Gasteiger partial charge is 0.360 e. The number of amides is 2. The van der Waals surface area contributed by atoms with Gasteiger partial charge in [-0.25, -0.2) is 14.8 Å². The number of nitrogens with one attached hydrogen (secondary N) is 3. The molecule has 1 radical (unpaired) electrons. The van der Waals surface area contributed by atoms with Gasteiger partial charge in [-0.2, -0.15) is 0 Å². The van der Waals surface area contributed by atoms with E-state index in [1.54, 1.807) is 18.3 Å². The Balaban J connectivity index is 1.24. The summed E-state index contributed by atoms with van der Waals surface area (Å²) in [4.78, 5) is 26.8. The molecule has 0 saturated carbocycles. The van der Waals surface area contributed by atoms with Crippen LogP contribution in [0.3, 0.4) is 0 Å². The average molecular weight is 460 g/mol. The maximum Gasteiger partial charge on any atom is 0.321 e. The molecule has 2 aromatic heterocycles. The van der Waals surface area contributed by atoms with Crippen LogP contribution in [-0.2, 0) is 0 Å². The first-order valence-corrected chi connectivity index (χ1v) is 11.4. The second-order valence-electron chi connectivity index (χ2n) is 8.19. The fraction of sp³-hybridized carbons (Fsp3) is 0.240. The van der Waals surface area contributed by atoms with Crippen LogP contribution >= 0.6 is 11.6 Å². The molecule has 0 spiro atoms. The summed E-state index contributed by atoms with van der Waals surface area (Å²) in [6, 6.07) is 18.2. The summed E-state index contributed by atoms with van der Waals surface area (Å²) in [5.74, 6) is 0.839. The van der Waals surface area contributed by atoms with Crippen molar-refractivity contribution in [2.75, 3.05) is 30.3 Å². The summed E-state index contributed by atoms with van der Waals surface area (Å²) >= 11 is 6.44. The minimum absolute atomic E-state index is 0.0738. The molecule has 1 aliphatic rings. The van der Waals surface area contributed by atoms with Crippen LogP contribution in [0, 0.1) is 12.0 Å². The highest BCUT2D eigenvalue weighted by atomic mass is 35.5. The predicted octanol–water partition coefficient (Wildman–Crippen LogP) is 5.43. The summed E-state index contributed by atoms with van der Waals surface area (Å²) in [5, 5.41) is 7.87. The Morgan fingerprint density at radius 2 is 2.09 bits per heavy atom. The molecule has 3 N–H and O–H groups in total. The number of nitrogens with zero attached hydrogens (tertiary/aromatic N) is 3. The summed E-state index contributed by atoms with van der Waals surface area (Å²) in [7, 11) is 0. The van der Waals surface area contributed by atoms with Gasteiger partial charge in [0.15, 0.2) is 0 Å². The third-order valence-corrected chi connectivity index (χ3v) is 6.19. The van der Waals surface area contributed by atoms with Gasteiger partial charge in [-0.1, -0.05) is 41.9 Å². The van der Waals surface area contributed by atoms with Crippen LogP contribution in [0.2, 0.25) is 5.02 Å². The lowest BCUT2D eigenvalue weighted by Crippen LogP contribution is -2.44. The van der Waals surface area contributed by atoms with E-state index in [1.165, 1.54) is 0 Å². The molecular formula is C25H24ClN6O. The molecule has 7 nitrogen and oxygen atoms in total. The highest BCUT2D eigenvalue weighted by Gasteiger charge is 2.24. The Hall–Kier alpha value is -3.58. The van der Waals surface area contributed by atoms with E-state index in [0.29, 0.717) is 35.7 Å². The molecule has 1 fully saturated rings. The number of rotatable bonds is 5. The molecule has 167 valence electrons. The maximum absolute atomic E-state index is 12.6. The van der Waals surface area contributed by atoms with Crippen LogP contribution in [0.15, 0.2) is 60.9 Å². The van der Waals surface area contributed by atoms with E-state index in [2.05, 4.69) is 31.7 Å². The normalized spacial score (nSPS) is 16.0. The number of hydrogen-bond acceptors (Lipinski definition) is 4. The Bertz CT molecular complexity index is 1260. The molecule has 0 aliphatic carbocycles. The van der Waals surface area contributed by atoms with Crippen LogP contribution in [0.4, 0.5) is 16.4 Å². The Morgan fingerprint density at radius 1 is 1.24 bits per heavy atom. The molecule has 1 aliphatic heterocycles. The predicted molar refractivity (Wildman–Crippen MR) is 131 cm³/mol. The van der Waals surface area contributed by atoms with Crippen LogP contribution in [-0.4, -0.2) is 45.5 Å². The van der Waals surface area contributed by atoms with Crippen molar-refractivity contribution >= 4 is 40.2 Å². The standard InChI is InChI=1S/C25H24ClN6O/c26-21-15-29-24(31-23(21)20-14-27-22-11-5-4-10-19(20)22)28-13-17-7-6-12-32(16-17)25(33)30-18-8-2-1-3-9-18/h2-5,8-11,14-15,17,27H,6-7,12-13,16H2,(H,30,33)(H,28,29,31). The van der Waals surface area contributed by atoms with Crippen molar-refractivity contribution < 1.29 is 4.79 Å². The number of benzene rings is 2. The van der Waals surface area contributed by atoms with Crippen molar-refractivity contribution in [1.82, 2.24) is 19.9 Å². The molecule has 0 bridgehead atoms. The molecule has 33 heavy (non-hydrogen) atoms. The second-order valence-corrected chi connectivity index (χ2v) is 8.60. The van der Waals surface area contributed by atoms with Crippen molar-refractivity contribution in [1.29, 1.82) is 0 Å². The minimum atomic E-state index is -0.0738. The van der Waals surface area contributed by atoms with Gasteiger partial charge in [0, 0.05) is 48.0 Å². The molecule has 8 heteroatoms. The summed E-state index contributed by atoms with van der Waals surface area (Å²) in [6.45, 7) is 2.11. The van der Waals surface area contributed by atoms with Crippen LogP contribution in [0.25, 0.3) is 22.2 Å². The number of para-hydroxylation sites is 1. The third-order valence-electron chi connectivity index (χ3n) is 5.91. The Morgan fingerprint density at radius 3 is 2.97 bits per heavy atom. The highest BCUT2D eigenvalue weighted by molar-refractivity contribution is 6.33. The van der Waals surface area contributed by atoms with Gasteiger partial charge in [0.25, 0.3) is 0 Å². The second kappa shape index (κ2) is 9.50. The lowest BCUT2D eigenvalue weighted by atomic mass is 9.98. The molecular weight excluding hydrogens is 436 g/mol. The van der Waals surface area contributed by atoms with E-state index in [0.717, 1.165) is 41.5 Å². The van der Waals surface area contributed by atoms with E-state index in [9.17, 15) is 4.79 Å². The smallest absolute Gasteiger partial charge is 0.321 e. The number of carbonyl (C=O) groups excluding carboxylic acids is 1. The number of aromatic nitrogens is 3. The zero-order valence-corrected chi connectivity index (χ0v) is 18.8. The third kappa shape index (κ3) is 4.78. The lowest BCUT2D eigenvalue weighted by Gasteiger charge is -2.32. The first kappa shape index (κ1) is 21.3. The van der Waals surface area contributed by atoms with Gasteiger partial charge >= 0.3 is 6.03 Å². The van der Waals surface area contributed by atoms with Crippen molar-refractivity contribution in [2.24, 2.45) is 5.92 Å². The first-order valence-electron chi connectivity index (χ1n) is 11.0. The molecule has 3 heterocycles. The van der Waals surface area contributed by atoms with Gasteiger partial charge < -0.3 is 20.5 Å². The van der Waals surface area contributed by atoms with Crippen molar-refractivity contribution in [3.05, 3.63) is 72.0 Å².